The summed E-state index contributed by atoms with van der Waals surface area (Å²) < 4.78 is 26.7. The first-order valence-electron chi connectivity index (χ1n) is 17.2. The molecule has 258 valence electrons. The van der Waals surface area contributed by atoms with E-state index in [2.05, 4.69) is 9.80 Å². The van der Waals surface area contributed by atoms with Crippen molar-refractivity contribution in [3.63, 3.8) is 0 Å². The number of amides is 2. The number of hydrogen-bond acceptors (Lipinski definition) is 8. The van der Waals surface area contributed by atoms with Gasteiger partial charge in [0.15, 0.2) is 0 Å². The van der Waals surface area contributed by atoms with Crippen molar-refractivity contribution in [2.24, 2.45) is 17.8 Å². The summed E-state index contributed by atoms with van der Waals surface area (Å²) in [5.41, 5.74) is 3.14. The SMILES string of the molecule is CC(=C\c1cc(F)cc(N2CCN(C(=O)C3CC3)CC2)c1)/C1=C/[C@H](OC(=O)N2CCN(C)CC2)[C@H](C)CC[C@@H](O)CC(=O)OC[C@@H]1C. The molecule has 0 bridgehead atoms. The molecule has 1 aromatic carbocycles. The lowest BCUT2D eigenvalue weighted by Gasteiger charge is -2.36. The number of carbonyl (C=O) groups is 3. The lowest BCUT2D eigenvalue weighted by atomic mass is 9.88. The zero-order valence-electron chi connectivity index (χ0n) is 28.3. The molecule has 10 nitrogen and oxygen atoms in total. The van der Waals surface area contributed by atoms with Crippen molar-refractivity contribution in [1.82, 2.24) is 14.7 Å². The molecular formula is C36H51FN4O6. The van der Waals surface area contributed by atoms with Crippen LogP contribution in [-0.2, 0) is 19.1 Å². The minimum atomic E-state index is -0.831. The van der Waals surface area contributed by atoms with Crippen molar-refractivity contribution >= 4 is 29.7 Å². The quantitative estimate of drug-likeness (QED) is 0.469. The zero-order chi connectivity index (χ0) is 33.7. The van der Waals surface area contributed by atoms with E-state index in [1.807, 2.05) is 50.9 Å². The minimum Gasteiger partial charge on any atom is -0.465 e. The van der Waals surface area contributed by atoms with Gasteiger partial charge < -0.3 is 34.2 Å². The van der Waals surface area contributed by atoms with E-state index in [-0.39, 0.29) is 48.6 Å². The van der Waals surface area contributed by atoms with Gasteiger partial charge in [-0.05, 0) is 86.6 Å². The fourth-order valence-electron chi connectivity index (χ4n) is 6.61. The van der Waals surface area contributed by atoms with Crippen molar-refractivity contribution in [2.45, 2.75) is 65.1 Å². The Labute approximate surface area is 278 Å². The number of aliphatic hydroxyl groups is 1. The van der Waals surface area contributed by atoms with E-state index in [0.29, 0.717) is 57.7 Å². The Morgan fingerprint density at radius 3 is 2.32 bits per heavy atom. The van der Waals surface area contributed by atoms with E-state index in [0.717, 1.165) is 42.8 Å². The Hall–Kier alpha value is -3.44. The molecule has 1 saturated carbocycles. The average molecular weight is 655 g/mol. The molecule has 4 atom stereocenters. The topological polar surface area (TPSA) is 103 Å². The molecule has 47 heavy (non-hydrogen) atoms. The van der Waals surface area contributed by atoms with Crippen LogP contribution in [0.2, 0.25) is 0 Å². The number of halogens is 1. The Morgan fingerprint density at radius 2 is 1.64 bits per heavy atom. The molecule has 2 amide bonds. The fraction of sp³-hybridized carbons (Fsp3) is 0.639. The van der Waals surface area contributed by atoms with Crippen LogP contribution in [0.1, 0.15) is 58.4 Å². The molecule has 5 rings (SSSR count). The van der Waals surface area contributed by atoms with Crippen LogP contribution in [0, 0.1) is 23.6 Å². The highest BCUT2D eigenvalue weighted by Crippen LogP contribution is 2.32. The number of aliphatic hydroxyl groups excluding tert-OH is 1. The van der Waals surface area contributed by atoms with Gasteiger partial charge in [0.2, 0.25) is 5.91 Å². The minimum absolute atomic E-state index is 0.0892. The van der Waals surface area contributed by atoms with E-state index in [9.17, 15) is 19.5 Å². The number of likely N-dealkylation sites (N-methyl/N-ethyl adjacent to an activating group) is 1. The maximum Gasteiger partial charge on any atom is 0.410 e. The number of nitrogens with zero attached hydrogens (tertiary/aromatic N) is 4. The van der Waals surface area contributed by atoms with E-state index in [4.69, 9.17) is 9.47 Å². The highest BCUT2D eigenvalue weighted by molar-refractivity contribution is 5.81. The molecule has 0 radical (unpaired) electrons. The van der Waals surface area contributed by atoms with Crippen LogP contribution in [0.25, 0.3) is 6.08 Å². The predicted molar refractivity (Wildman–Crippen MR) is 178 cm³/mol. The number of rotatable bonds is 5. The third kappa shape index (κ3) is 9.56. The van der Waals surface area contributed by atoms with E-state index < -0.39 is 18.2 Å². The Morgan fingerprint density at radius 1 is 0.957 bits per heavy atom. The van der Waals surface area contributed by atoms with Crippen molar-refractivity contribution < 1.29 is 33.4 Å². The monoisotopic (exact) mass is 654 g/mol. The molecule has 11 heteroatoms. The third-order valence-electron chi connectivity index (χ3n) is 9.91. The first-order valence-corrected chi connectivity index (χ1v) is 17.2. The van der Waals surface area contributed by atoms with Gasteiger partial charge in [-0.15, -0.1) is 0 Å². The summed E-state index contributed by atoms with van der Waals surface area (Å²) in [5.74, 6) is -0.752. The maximum absolute atomic E-state index is 15.0. The third-order valence-corrected chi connectivity index (χ3v) is 9.91. The molecule has 1 N–H and O–H groups in total. The van der Waals surface area contributed by atoms with Gasteiger partial charge in [-0.1, -0.05) is 19.9 Å². The molecule has 3 heterocycles. The molecule has 1 aromatic rings. The number of piperazine rings is 2. The lowest BCUT2D eigenvalue weighted by molar-refractivity contribution is -0.146. The van der Waals surface area contributed by atoms with Crippen LogP contribution in [0.5, 0.6) is 0 Å². The molecule has 0 unspecified atom stereocenters. The van der Waals surface area contributed by atoms with Crippen LogP contribution < -0.4 is 4.90 Å². The highest BCUT2D eigenvalue weighted by Gasteiger charge is 2.35. The Balaban J connectivity index is 1.39. The number of hydrogen-bond donors (Lipinski definition) is 1. The lowest BCUT2D eigenvalue weighted by Crippen LogP contribution is -2.49. The first kappa shape index (κ1) is 34.9. The number of cyclic esters (lactones) is 1. The summed E-state index contributed by atoms with van der Waals surface area (Å²) >= 11 is 0. The summed E-state index contributed by atoms with van der Waals surface area (Å²) in [6, 6.07) is 4.99. The normalized spacial score (nSPS) is 28.5. The van der Waals surface area contributed by atoms with Crippen LogP contribution in [0.4, 0.5) is 14.9 Å². The van der Waals surface area contributed by atoms with Gasteiger partial charge in [-0.3, -0.25) is 9.59 Å². The van der Waals surface area contributed by atoms with Crippen LogP contribution in [0.3, 0.4) is 0 Å². The van der Waals surface area contributed by atoms with Crippen molar-refractivity contribution in [1.29, 1.82) is 0 Å². The number of ether oxygens (including phenoxy) is 2. The number of allylic oxidation sites excluding steroid dienone is 1. The van der Waals surface area contributed by atoms with Gasteiger partial charge >= 0.3 is 12.1 Å². The number of esters is 1. The van der Waals surface area contributed by atoms with Crippen LogP contribution in [-0.4, -0.2) is 116 Å². The molecule has 0 aromatic heterocycles. The smallest absolute Gasteiger partial charge is 0.410 e. The summed E-state index contributed by atoms with van der Waals surface area (Å²) in [4.78, 5) is 46.3. The second-order valence-corrected chi connectivity index (χ2v) is 13.9. The molecule has 3 fully saturated rings. The molecule has 1 aliphatic carbocycles. The summed E-state index contributed by atoms with van der Waals surface area (Å²) in [6.45, 7) is 11.2. The summed E-state index contributed by atoms with van der Waals surface area (Å²) in [5, 5.41) is 10.5. The largest absolute Gasteiger partial charge is 0.465 e. The number of carbonyl (C=O) groups excluding carboxylic acids is 3. The molecule has 3 aliphatic heterocycles. The zero-order valence-corrected chi connectivity index (χ0v) is 28.3. The van der Waals surface area contributed by atoms with Crippen LogP contribution >= 0.6 is 0 Å². The molecule has 4 aliphatic rings. The van der Waals surface area contributed by atoms with Crippen molar-refractivity contribution in [3.05, 3.63) is 46.8 Å². The Kier molecular flexibility index (Phi) is 11.6. The van der Waals surface area contributed by atoms with Gasteiger partial charge in [-0.25, -0.2) is 9.18 Å². The molecule has 0 spiro atoms. The second-order valence-electron chi connectivity index (χ2n) is 13.9. The molecular weight excluding hydrogens is 603 g/mol. The maximum atomic E-state index is 15.0. The van der Waals surface area contributed by atoms with Crippen LogP contribution in [0.15, 0.2) is 35.4 Å². The first-order chi connectivity index (χ1) is 22.5. The average Bonchev–Trinajstić information content (AvgIpc) is 3.89. The van der Waals surface area contributed by atoms with Gasteiger partial charge in [0.1, 0.15) is 11.9 Å². The van der Waals surface area contributed by atoms with Gasteiger partial charge in [0.25, 0.3) is 0 Å². The summed E-state index contributed by atoms with van der Waals surface area (Å²) in [6.07, 6.45) is 4.89. The van der Waals surface area contributed by atoms with Gasteiger partial charge in [0, 0.05) is 69.9 Å². The highest BCUT2D eigenvalue weighted by atomic mass is 19.1. The van der Waals surface area contributed by atoms with Crippen molar-refractivity contribution in [3.8, 4) is 0 Å². The fourth-order valence-corrected chi connectivity index (χ4v) is 6.61. The van der Waals surface area contributed by atoms with Crippen molar-refractivity contribution in [2.75, 3.05) is 70.9 Å². The number of anilines is 1. The van der Waals surface area contributed by atoms with E-state index >= 15 is 4.39 Å². The number of benzene rings is 1. The van der Waals surface area contributed by atoms with E-state index in [1.54, 1.807) is 4.90 Å². The second kappa shape index (κ2) is 15.6. The standard InChI is InChI=1S/C36H51FN4O6/c1-24-5-8-31(42)21-34(43)46-23-26(3)32(22-33(24)47-36(45)41-11-9-38(4)10-12-41)25(2)17-27-18-29(37)20-30(19-27)39-13-15-40(16-14-39)35(44)28-6-7-28/h17-20,22,24,26,28,31,33,42H,5-16,21,23H2,1-4H3/b25-17+,32-22-/t24-,26+,31-,33+/m1/s1. The van der Waals surface area contributed by atoms with E-state index in [1.165, 1.54) is 12.1 Å². The summed E-state index contributed by atoms with van der Waals surface area (Å²) in [7, 11) is 2.03. The predicted octanol–water partition coefficient (Wildman–Crippen LogP) is 4.33. The molecule has 2 saturated heterocycles. The van der Waals surface area contributed by atoms with Gasteiger partial charge in [-0.2, -0.15) is 0 Å². The Bertz CT molecular complexity index is 1350. The van der Waals surface area contributed by atoms with Gasteiger partial charge in [0.05, 0.1) is 19.1 Å².